The van der Waals surface area contributed by atoms with E-state index in [4.69, 9.17) is 31.3 Å². The SMILES string of the molecule is NS(=O)(=O)c1ccc(-c2ccc(/C=C3\SC(=S)NC3=O)o2)cc1.NS(=O)(=O)c1ccc(-c2ccc(C=O)o2)cc1. The van der Waals surface area contributed by atoms with Crippen molar-refractivity contribution in [3.05, 3.63) is 89.2 Å². The van der Waals surface area contributed by atoms with Crippen molar-refractivity contribution in [2.45, 2.75) is 9.79 Å². The van der Waals surface area contributed by atoms with E-state index < -0.39 is 20.0 Å². The zero-order valence-electron chi connectivity index (χ0n) is 20.1. The second kappa shape index (κ2) is 11.7. The lowest BCUT2D eigenvalue weighted by atomic mass is 10.2. The highest BCUT2D eigenvalue weighted by Gasteiger charge is 2.22. The van der Waals surface area contributed by atoms with Crippen LogP contribution in [0, 0.1) is 0 Å². The van der Waals surface area contributed by atoms with E-state index in [2.05, 4.69) is 5.32 Å². The molecule has 0 aliphatic carbocycles. The van der Waals surface area contributed by atoms with Crippen molar-refractivity contribution in [2.24, 2.45) is 10.3 Å². The van der Waals surface area contributed by atoms with Gasteiger partial charge in [-0.05, 0) is 72.8 Å². The molecule has 15 heteroatoms. The number of nitrogens with one attached hydrogen (secondary N) is 1. The number of benzene rings is 2. The van der Waals surface area contributed by atoms with Gasteiger partial charge in [0.15, 0.2) is 12.0 Å². The molecule has 0 atom stereocenters. The standard InChI is InChI=1S/C14H10N2O4S3.C11H9NO4S/c15-23(18,19)10-4-1-8(2-5-10)11-6-3-9(20-11)7-12-13(17)16-14(21)22-12;12-17(14,15)10-4-1-8(2-5-10)11-6-3-9(7-13)16-11/h1-7H,(H2,15,18,19)(H,16,17,21);1-7H,(H2,12,14,15)/b12-7-;. The van der Waals surface area contributed by atoms with Gasteiger partial charge in [0, 0.05) is 17.2 Å². The van der Waals surface area contributed by atoms with E-state index in [1.807, 2.05) is 0 Å². The molecule has 1 aliphatic rings. The molecular weight excluding hydrogens is 599 g/mol. The molecule has 1 amide bonds. The van der Waals surface area contributed by atoms with Crippen LogP contribution < -0.4 is 15.6 Å². The number of amides is 1. The number of thioether (sulfide) groups is 1. The van der Waals surface area contributed by atoms with Gasteiger partial charge in [0.05, 0.1) is 14.7 Å². The number of furan rings is 2. The maximum Gasteiger partial charge on any atom is 0.263 e. The molecule has 11 nitrogen and oxygen atoms in total. The van der Waals surface area contributed by atoms with Crippen molar-refractivity contribution < 1.29 is 35.3 Å². The summed E-state index contributed by atoms with van der Waals surface area (Å²) in [6.07, 6.45) is 2.20. The second-order valence-corrected chi connectivity index (χ2v) is 12.9. The molecule has 0 radical (unpaired) electrons. The van der Waals surface area contributed by atoms with Gasteiger partial charge in [-0.2, -0.15) is 0 Å². The average molecular weight is 618 g/mol. The smallest absolute Gasteiger partial charge is 0.263 e. The summed E-state index contributed by atoms with van der Waals surface area (Å²) in [4.78, 5) is 22.6. The van der Waals surface area contributed by atoms with Gasteiger partial charge in [-0.25, -0.2) is 27.1 Å². The van der Waals surface area contributed by atoms with E-state index in [-0.39, 0.29) is 21.5 Å². The van der Waals surface area contributed by atoms with Gasteiger partial charge in [-0.1, -0.05) is 24.0 Å². The van der Waals surface area contributed by atoms with Crippen LogP contribution in [0.5, 0.6) is 0 Å². The number of nitrogens with two attached hydrogens (primary N) is 2. The summed E-state index contributed by atoms with van der Waals surface area (Å²) < 4.78 is 55.8. The molecule has 0 bridgehead atoms. The molecule has 40 heavy (non-hydrogen) atoms. The first-order chi connectivity index (χ1) is 18.8. The fraction of sp³-hybridized carbons (Fsp3) is 0. The second-order valence-electron chi connectivity index (χ2n) is 8.01. The van der Waals surface area contributed by atoms with Gasteiger partial charge in [0.2, 0.25) is 20.0 Å². The van der Waals surface area contributed by atoms with E-state index in [0.717, 1.165) is 0 Å². The molecule has 5 rings (SSSR count). The van der Waals surface area contributed by atoms with Crippen LogP contribution in [0.15, 0.2) is 96.3 Å². The van der Waals surface area contributed by atoms with Crippen molar-refractivity contribution in [1.29, 1.82) is 0 Å². The largest absolute Gasteiger partial charge is 0.457 e. The lowest BCUT2D eigenvalue weighted by Crippen LogP contribution is -2.17. The summed E-state index contributed by atoms with van der Waals surface area (Å²) in [5.74, 6) is 1.50. The van der Waals surface area contributed by atoms with Gasteiger partial charge in [-0.3, -0.25) is 9.59 Å². The Morgan fingerprint density at radius 2 is 1.18 bits per heavy atom. The Morgan fingerprint density at radius 1 is 0.725 bits per heavy atom. The first-order valence-electron chi connectivity index (χ1n) is 11.0. The number of hydrogen-bond donors (Lipinski definition) is 3. The summed E-state index contributed by atoms with van der Waals surface area (Å²) in [7, 11) is -7.41. The third kappa shape index (κ3) is 7.20. The highest BCUT2D eigenvalue weighted by molar-refractivity contribution is 8.26. The predicted octanol–water partition coefficient (Wildman–Crippen LogP) is 3.49. The Morgan fingerprint density at radius 3 is 1.55 bits per heavy atom. The maximum atomic E-state index is 11.6. The topological polar surface area (TPSA) is 193 Å². The minimum Gasteiger partial charge on any atom is -0.457 e. The number of rotatable bonds is 6. The van der Waals surface area contributed by atoms with Crippen LogP contribution in [-0.4, -0.2) is 33.3 Å². The van der Waals surface area contributed by atoms with Gasteiger partial charge in [0.25, 0.3) is 5.91 Å². The van der Waals surface area contributed by atoms with Gasteiger partial charge in [0.1, 0.15) is 21.6 Å². The van der Waals surface area contributed by atoms with E-state index in [9.17, 15) is 26.4 Å². The monoisotopic (exact) mass is 617 g/mol. The number of aldehydes is 1. The number of primary sulfonamides is 2. The summed E-state index contributed by atoms with van der Waals surface area (Å²) in [6, 6.07) is 18.5. The molecule has 2 aromatic carbocycles. The summed E-state index contributed by atoms with van der Waals surface area (Å²) in [6.45, 7) is 0. The molecular formula is C25H19N3O8S4. The Bertz CT molecular complexity index is 1840. The minimum absolute atomic E-state index is 0.0303. The zero-order valence-corrected chi connectivity index (χ0v) is 23.4. The predicted molar refractivity (Wildman–Crippen MR) is 153 cm³/mol. The molecule has 206 valence electrons. The molecule has 1 aliphatic heterocycles. The number of carbonyl (C=O) groups is 2. The number of sulfonamides is 2. The van der Waals surface area contributed by atoms with E-state index >= 15 is 0 Å². The van der Waals surface area contributed by atoms with Gasteiger partial charge in [-0.15, -0.1) is 0 Å². The normalized spacial score (nSPS) is 14.5. The fourth-order valence-corrected chi connectivity index (χ4v) is 5.38. The van der Waals surface area contributed by atoms with Crippen LogP contribution in [0.3, 0.4) is 0 Å². The molecule has 0 unspecified atom stereocenters. The van der Waals surface area contributed by atoms with Crippen molar-refractivity contribution in [3.63, 3.8) is 0 Å². The fourth-order valence-electron chi connectivity index (χ4n) is 3.32. The Hall–Kier alpha value is -3.86. The van der Waals surface area contributed by atoms with Crippen LogP contribution in [0.2, 0.25) is 0 Å². The number of thiocarbonyl (C=S) groups is 1. The Balaban J connectivity index is 0.000000194. The third-order valence-electron chi connectivity index (χ3n) is 5.22. The number of hydrogen-bond acceptors (Lipinski definition) is 10. The molecule has 1 fully saturated rings. The highest BCUT2D eigenvalue weighted by atomic mass is 32.2. The average Bonchev–Trinajstić information content (AvgIpc) is 3.64. The molecule has 1 saturated heterocycles. The summed E-state index contributed by atoms with van der Waals surface area (Å²) in [5, 5.41) is 12.6. The Kier molecular flexibility index (Phi) is 8.53. The van der Waals surface area contributed by atoms with Gasteiger partial charge >= 0.3 is 0 Å². The van der Waals surface area contributed by atoms with E-state index in [0.29, 0.717) is 43.9 Å². The van der Waals surface area contributed by atoms with Crippen molar-refractivity contribution >= 4 is 66.6 Å². The molecule has 3 heterocycles. The zero-order chi connectivity index (χ0) is 29.1. The Labute approximate surface area is 238 Å². The third-order valence-corrected chi connectivity index (χ3v) is 8.24. The molecule has 0 saturated carbocycles. The lowest BCUT2D eigenvalue weighted by Gasteiger charge is -2.00. The van der Waals surface area contributed by atoms with Crippen molar-refractivity contribution in [1.82, 2.24) is 5.32 Å². The first kappa shape index (κ1) is 29.1. The van der Waals surface area contributed by atoms with E-state index in [1.54, 1.807) is 48.5 Å². The van der Waals surface area contributed by atoms with Crippen LogP contribution in [0.25, 0.3) is 28.7 Å². The van der Waals surface area contributed by atoms with Crippen molar-refractivity contribution in [3.8, 4) is 22.6 Å². The van der Waals surface area contributed by atoms with E-state index in [1.165, 1.54) is 42.1 Å². The van der Waals surface area contributed by atoms with Crippen molar-refractivity contribution in [2.75, 3.05) is 0 Å². The lowest BCUT2D eigenvalue weighted by molar-refractivity contribution is -0.115. The quantitative estimate of drug-likeness (QED) is 0.164. The summed E-state index contributed by atoms with van der Waals surface area (Å²) >= 11 is 6.08. The minimum atomic E-state index is -3.72. The first-order valence-corrected chi connectivity index (χ1v) is 15.3. The number of carbonyl (C=O) groups excluding carboxylic acids is 2. The van der Waals surface area contributed by atoms with Crippen LogP contribution in [0.4, 0.5) is 0 Å². The maximum absolute atomic E-state index is 11.6. The van der Waals surface area contributed by atoms with Crippen LogP contribution >= 0.6 is 24.0 Å². The summed E-state index contributed by atoms with van der Waals surface area (Å²) in [5.41, 5.74) is 1.37. The molecule has 5 N–H and O–H groups in total. The molecule has 2 aromatic heterocycles. The molecule has 4 aromatic rings. The van der Waals surface area contributed by atoms with Gasteiger partial charge < -0.3 is 14.2 Å². The molecule has 0 spiro atoms. The van der Waals surface area contributed by atoms with Crippen LogP contribution in [-0.2, 0) is 24.8 Å². The van der Waals surface area contributed by atoms with Crippen LogP contribution in [0.1, 0.15) is 16.3 Å². The highest BCUT2D eigenvalue weighted by Crippen LogP contribution is 2.29.